The molecule has 0 saturated heterocycles. The zero-order valence-electron chi connectivity index (χ0n) is 19.7. The summed E-state index contributed by atoms with van der Waals surface area (Å²) in [5.74, 6) is -3.29. The van der Waals surface area contributed by atoms with Crippen LogP contribution in [0.15, 0.2) is 77.8 Å². The van der Waals surface area contributed by atoms with Crippen molar-refractivity contribution < 1.29 is 23.2 Å². The number of benzene rings is 3. The van der Waals surface area contributed by atoms with E-state index < -0.39 is 41.6 Å². The summed E-state index contributed by atoms with van der Waals surface area (Å²) in [5.41, 5.74) is 2.83. The highest BCUT2D eigenvalue weighted by Gasteiger charge is 2.32. The minimum atomic E-state index is -1.23. The third kappa shape index (κ3) is 5.46. The second-order valence-electron chi connectivity index (χ2n) is 8.41. The van der Waals surface area contributed by atoms with Gasteiger partial charge >= 0.3 is 0 Å². The van der Waals surface area contributed by atoms with Gasteiger partial charge in [0.05, 0.1) is 17.8 Å². The molecule has 184 valence electrons. The molecule has 4 rings (SSSR count). The number of nitrogens with zero attached hydrogens (tertiary/aromatic N) is 2. The van der Waals surface area contributed by atoms with E-state index in [1.165, 1.54) is 11.8 Å². The molecule has 0 bridgehead atoms. The molecule has 1 heterocycles. The van der Waals surface area contributed by atoms with E-state index in [0.29, 0.717) is 17.5 Å². The number of halogens is 2. The van der Waals surface area contributed by atoms with E-state index in [9.17, 15) is 23.2 Å². The predicted molar refractivity (Wildman–Crippen MR) is 132 cm³/mol. The van der Waals surface area contributed by atoms with E-state index in [-0.39, 0.29) is 12.0 Å². The van der Waals surface area contributed by atoms with E-state index in [4.69, 9.17) is 0 Å². The standard InChI is InChI=1S/C27H24F2N4O3/c1-16(30-23(34)14-17-12-19(28)15-20(29)13-17)26(35)32-25-27(36)33(2)22-11-7-6-10-21(22)24(31-25)18-8-4-3-5-9-18/h3-13,15-16,25H,14H2,1-2H3,(H,30,34)(H,32,35)/t16-,25-/m1/s1. The highest BCUT2D eigenvalue weighted by molar-refractivity contribution is 6.20. The molecule has 0 aliphatic carbocycles. The van der Waals surface area contributed by atoms with Gasteiger partial charge in [0, 0.05) is 24.2 Å². The quantitative estimate of drug-likeness (QED) is 0.557. The number of aliphatic imine (C=N–C) groups is 1. The van der Waals surface area contributed by atoms with Crippen molar-refractivity contribution >= 4 is 29.1 Å². The van der Waals surface area contributed by atoms with Gasteiger partial charge in [0.15, 0.2) is 0 Å². The van der Waals surface area contributed by atoms with Gasteiger partial charge in [-0.15, -0.1) is 0 Å². The van der Waals surface area contributed by atoms with Crippen molar-refractivity contribution in [3.8, 4) is 0 Å². The number of hydrogen-bond donors (Lipinski definition) is 2. The first-order valence-electron chi connectivity index (χ1n) is 11.3. The average Bonchev–Trinajstić information content (AvgIpc) is 2.94. The summed E-state index contributed by atoms with van der Waals surface area (Å²) in [6, 6.07) is 18.4. The summed E-state index contributed by atoms with van der Waals surface area (Å²) in [6.07, 6.45) is -1.55. The molecule has 36 heavy (non-hydrogen) atoms. The van der Waals surface area contributed by atoms with Gasteiger partial charge < -0.3 is 15.5 Å². The molecule has 0 fully saturated rings. The highest BCUT2D eigenvalue weighted by Crippen LogP contribution is 2.27. The number of likely N-dealkylation sites (N-methyl/N-ethyl adjacent to an activating group) is 1. The van der Waals surface area contributed by atoms with Crippen molar-refractivity contribution in [3.63, 3.8) is 0 Å². The van der Waals surface area contributed by atoms with Crippen LogP contribution in [0.1, 0.15) is 23.6 Å². The summed E-state index contributed by atoms with van der Waals surface area (Å²) >= 11 is 0. The molecule has 0 saturated carbocycles. The van der Waals surface area contributed by atoms with Crippen LogP contribution in [-0.4, -0.2) is 42.7 Å². The second kappa shape index (κ2) is 10.5. The first-order chi connectivity index (χ1) is 17.2. The van der Waals surface area contributed by atoms with Crippen LogP contribution in [-0.2, 0) is 20.8 Å². The highest BCUT2D eigenvalue weighted by atomic mass is 19.1. The Morgan fingerprint density at radius 1 is 1.00 bits per heavy atom. The lowest BCUT2D eigenvalue weighted by Crippen LogP contribution is -2.52. The number of benzodiazepines with no additional fused rings is 1. The number of carbonyl (C=O) groups excluding carboxylic acids is 3. The number of rotatable bonds is 6. The van der Waals surface area contributed by atoms with E-state index in [1.54, 1.807) is 13.1 Å². The van der Waals surface area contributed by atoms with Gasteiger partial charge in [0.25, 0.3) is 5.91 Å². The number of carbonyl (C=O) groups is 3. The van der Waals surface area contributed by atoms with Gasteiger partial charge in [-0.2, -0.15) is 0 Å². The van der Waals surface area contributed by atoms with Gasteiger partial charge in [-0.1, -0.05) is 48.5 Å². The number of nitrogens with one attached hydrogen (secondary N) is 2. The molecule has 3 aromatic rings. The molecule has 3 amide bonds. The number of amides is 3. The minimum absolute atomic E-state index is 0.132. The zero-order valence-corrected chi connectivity index (χ0v) is 19.7. The summed E-state index contributed by atoms with van der Waals surface area (Å²) in [6.45, 7) is 1.45. The summed E-state index contributed by atoms with van der Waals surface area (Å²) in [5, 5.41) is 5.10. The lowest BCUT2D eigenvalue weighted by Gasteiger charge is -2.22. The topological polar surface area (TPSA) is 90.9 Å². The predicted octanol–water partition coefficient (Wildman–Crippen LogP) is 2.97. The molecule has 1 aliphatic rings. The Kier molecular flexibility index (Phi) is 7.19. The van der Waals surface area contributed by atoms with Crippen LogP contribution >= 0.6 is 0 Å². The molecule has 0 aromatic heterocycles. The van der Waals surface area contributed by atoms with Gasteiger partial charge in [0.1, 0.15) is 17.7 Å². The molecule has 0 spiro atoms. The summed E-state index contributed by atoms with van der Waals surface area (Å²) < 4.78 is 26.8. The van der Waals surface area contributed by atoms with Crippen molar-refractivity contribution in [2.45, 2.75) is 25.6 Å². The Morgan fingerprint density at radius 2 is 1.64 bits per heavy atom. The molecule has 7 nitrogen and oxygen atoms in total. The maximum Gasteiger partial charge on any atom is 0.272 e. The fourth-order valence-corrected chi connectivity index (χ4v) is 3.96. The number of anilines is 1. The lowest BCUT2D eigenvalue weighted by molar-refractivity contribution is -0.130. The minimum Gasteiger partial charge on any atom is -0.344 e. The molecule has 2 N–H and O–H groups in total. The molecular weight excluding hydrogens is 466 g/mol. The van der Waals surface area contributed by atoms with Gasteiger partial charge in [-0.05, 0) is 30.7 Å². The molecule has 9 heteroatoms. The molecule has 0 unspecified atom stereocenters. The number of hydrogen-bond acceptors (Lipinski definition) is 4. The third-order valence-electron chi connectivity index (χ3n) is 5.73. The largest absolute Gasteiger partial charge is 0.344 e. The van der Waals surface area contributed by atoms with Crippen molar-refractivity contribution in [3.05, 3.63) is 101 Å². The van der Waals surface area contributed by atoms with E-state index >= 15 is 0 Å². The van der Waals surface area contributed by atoms with Gasteiger partial charge in [-0.25, -0.2) is 13.8 Å². The van der Waals surface area contributed by atoms with Crippen LogP contribution < -0.4 is 15.5 Å². The first kappa shape index (κ1) is 24.7. The fraction of sp³-hybridized carbons (Fsp3) is 0.185. The van der Waals surface area contributed by atoms with Gasteiger partial charge in [-0.3, -0.25) is 14.4 Å². The Labute approximate surface area is 206 Å². The van der Waals surface area contributed by atoms with Crippen molar-refractivity contribution in [1.82, 2.24) is 10.6 Å². The lowest BCUT2D eigenvalue weighted by atomic mass is 10.0. The fourth-order valence-electron chi connectivity index (χ4n) is 3.96. The maximum absolute atomic E-state index is 13.4. The number of para-hydroxylation sites is 1. The van der Waals surface area contributed by atoms with Crippen LogP contribution in [0.4, 0.5) is 14.5 Å². The Hall–Kier alpha value is -4.40. The van der Waals surface area contributed by atoms with E-state index in [2.05, 4.69) is 15.6 Å². The van der Waals surface area contributed by atoms with Crippen molar-refractivity contribution in [1.29, 1.82) is 0 Å². The second-order valence-corrected chi connectivity index (χ2v) is 8.41. The summed E-state index contributed by atoms with van der Waals surface area (Å²) in [4.78, 5) is 44.5. The van der Waals surface area contributed by atoms with Crippen LogP contribution in [0.5, 0.6) is 0 Å². The number of fused-ring (bicyclic) bond motifs is 1. The normalized spacial score (nSPS) is 15.9. The molecule has 2 atom stereocenters. The van der Waals surface area contributed by atoms with Gasteiger partial charge in [0.2, 0.25) is 18.0 Å². The van der Waals surface area contributed by atoms with Crippen LogP contribution in [0.3, 0.4) is 0 Å². The first-order valence-corrected chi connectivity index (χ1v) is 11.3. The smallest absolute Gasteiger partial charge is 0.272 e. The molecular formula is C27H24F2N4O3. The Balaban J connectivity index is 1.53. The van der Waals surface area contributed by atoms with E-state index in [0.717, 1.165) is 23.3 Å². The SMILES string of the molecule is C[C@@H](NC(=O)Cc1cc(F)cc(F)c1)C(=O)N[C@H]1N=C(c2ccccc2)c2ccccc2N(C)C1=O. The molecule has 1 aliphatic heterocycles. The van der Waals surface area contributed by atoms with Crippen LogP contribution in [0.25, 0.3) is 0 Å². The zero-order chi connectivity index (χ0) is 25.8. The summed E-state index contributed by atoms with van der Waals surface area (Å²) in [7, 11) is 1.60. The molecule has 0 radical (unpaired) electrons. The van der Waals surface area contributed by atoms with Crippen LogP contribution in [0.2, 0.25) is 0 Å². The third-order valence-corrected chi connectivity index (χ3v) is 5.73. The van der Waals surface area contributed by atoms with Crippen LogP contribution in [0, 0.1) is 11.6 Å². The average molecular weight is 491 g/mol. The van der Waals surface area contributed by atoms with E-state index in [1.807, 2.05) is 48.5 Å². The molecule has 3 aromatic carbocycles. The van der Waals surface area contributed by atoms with Crippen molar-refractivity contribution in [2.75, 3.05) is 11.9 Å². The Bertz CT molecular complexity index is 1320. The maximum atomic E-state index is 13.4. The van der Waals surface area contributed by atoms with Crippen molar-refractivity contribution in [2.24, 2.45) is 4.99 Å². The monoisotopic (exact) mass is 490 g/mol. The Morgan fingerprint density at radius 3 is 2.33 bits per heavy atom.